The smallest absolute Gasteiger partial charge is 0.263 e. The Hall–Kier alpha value is -2.63. The quantitative estimate of drug-likeness (QED) is 0.746. The minimum absolute atomic E-state index is 0.0855. The van der Waals surface area contributed by atoms with Crippen molar-refractivity contribution in [3.05, 3.63) is 42.1 Å². The molecule has 2 aromatic rings. The summed E-state index contributed by atoms with van der Waals surface area (Å²) in [5.74, 6) is 1.75. The molecule has 1 fully saturated rings. The van der Waals surface area contributed by atoms with Crippen molar-refractivity contribution < 1.29 is 14.3 Å². The van der Waals surface area contributed by atoms with Crippen molar-refractivity contribution in [3.63, 3.8) is 0 Å². The van der Waals surface area contributed by atoms with Crippen LogP contribution in [0.15, 0.2) is 36.5 Å². The van der Waals surface area contributed by atoms with Crippen molar-refractivity contribution in [2.75, 3.05) is 11.9 Å². The summed E-state index contributed by atoms with van der Waals surface area (Å²) in [4.78, 5) is 23.7. The normalized spacial score (nSPS) is 14.8. The number of benzene rings is 1. The van der Waals surface area contributed by atoms with Crippen LogP contribution in [-0.4, -0.2) is 28.1 Å². The van der Waals surface area contributed by atoms with Crippen LogP contribution in [0.2, 0.25) is 0 Å². The average Bonchev–Trinajstić information content (AvgIpc) is 3.39. The molecule has 0 radical (unpaired) electrons. The molecule has 1 heterocycles. The molecule has 1 N–H and O–H groups in total. The maximum Gasteiger partial charge on any atom is 0.263 e. The predicted molar refractivity (Wildman–Crippen MR) is 94.9 cm³/mol. The van der Waals surface area contributed by atoms with Gasteiger partial charge in [-0.25, -0.2) is 4.68 Å². The number of nitrogens with zero attached hydrogens (tertiary/aromatic N) is 2. The predicted octanol–water partition coefficient (Wildman–Crippen LogP) is 3.46. The number of carbonyl (C=O) groups is 2. The van der Waals surface area contributed by atoms with Gasteiger partial charge >= 0.3 is 0 Å². The molecule has 0 aliphatic heterocycles. The van der Waals surface area contributed by atoms with Crippen LogP contribution in [0.4, 0.5) is 5.82 Å². The molecule has 0 spiro atoms. The number of ketones is 1. The van der Waals surface area contributed by atoms with Gasteiger partial charge in [-0.2, -0.15) is 5.10 Å². The lowest BCUT2D eigenvalue weighted by molar-refractivity contribution is -0.118. The fourth-order valence-electron chi connectivity index (χ4n) is 2.79. The van der Waals surface area contributed by atoms with Gasteiger partial charge in [-0.15, -0.1) is 0 Å². The van der Waals surface area contributed by atoms with Gasteiger partial charge in [-0.3, -0.25) is 9.59 Å². The zero-order chi connectivity index (χ0) is 17.8. The molecule has 1 unspecified atom stereocenters. The Labute approximate surface area is 147 Å². The second kappa shape index (κ2) is 7.51. The molecule has 1 aliphatic carbocycles. The van der Waals surface area contributed by atoms with Gasteiger partial charge in [0.2, 0.25) is 0 Å². The largest absolute Gasteiger partial charge is 0.484 e. The van der Waals surface area contributed by atoms with E-state index >= 15 is 0 Å². The van der Waals surface area contributed by atoms with E-state index in [0.29, 0.717) is 29.5 Å². The third-order valence-corrected chi connectivity index (χ3v) is 4.50. The monoisotopic (exact) mass is 341 g/mol. The Balaban J connectivity index is 1.53. The topological polar surface area (TPSA) is 73.2 Å². The van der Waals surface area contributed by atoms with Gasteiger partial charge in [0.25, 0.3) is 5.91 Å². The Bertz CT molecular complexity index is 748. The number of nitrogens with one attached hydrogen (secondary N) is 1. The minimum atomic E-state index is -0.238. The lowest BCUT2D eigenvalue weighted by atomic mass is 10.1. The van der Waals surface area contributed by atoms with Crippen molar-refractivity contribution in [2.24, 2.45) is 5.92 Å². The zero-order valence-electron chi connectivity index (χ0n) is 14.6. The molecule has 6 nitrogen and oxygen atoms in total. The lowest BCUT2D eigenvalue weighted by Gasteiger charge is -2.15. The Morgan fingerprint density at radius 3 is 2.64 bits per heavy atom. The van der Waals surface area contributed by atoms with E-state index in [2.05, 4.69) is 17.3 Å². The van der Waals surface area contributed by atoms with Crippen LogP contribution in [0.5, 0.6) is 5.75 Å². The summed E-state index contributed by atoms with van der Waals surface area (Å²) in [6.45, 7) is 3.85. The summed E-state index contributed by atoms with van der Waals surface area (Å²) in [7, 11) is 0. The van der Waals surface area contributed by atoms with Crippen LogP contribution in [0, 0.1) is 5.92 Å². The molecule has 1 saturated carbocycles. The van der Waals surface area contributed by atoms with Crippen molar-refractivity contribution in [2.45, 2.75) is 39.2 Å². The highest BCUT2D eigenvalue weighted by molar-refractivity contribution is 5.96. The number of aromatic nitrogens is 2. The molecule has 1 atom stereocenters. The second-order valence-corrected chi connectivity index (χ2v) is 6.38. The molecule has 0 bridgehead atoms. The zero-order valence-corrected chi connectivity index (χ0v) is 14.6. The van der Waals surface area contributed by atoms with E-state index < -0.39 is 0 Å². The number of anilines is 1. The molecule has 1 aliphatic rings. The first kappa shape index (κ1) is 17.2. The number of rotatable bonds is 8. The van der Waals surface area contributed by atoms with E-state index in [1.165, 1.54) is 12.8 Å². The maximum atomic E-state index is 12.1. The van der Waals surface area contributed by atoms with Crippen LogP contribution < -0.4 is 10.1 Å². The van der Waals surface area contributed by atoms with E-state index in [4.69, 9.17) is 4.74 Å². The molecular weight excluding hydrogens is 318 g/mol. The van der Waals surface area contributed by atoms with E-state index in [0.717, 1.165) is 0 Å². The van der Waals surface area contributed by atoms with Crippen LogP contribution in [0.3, 0.4) is 0 Å². The summed E-state index contributed by atoms with van der Waals surface area (Å²) in [6, 6.07) is 8.92. The van der Waals surface area contributed by atoms with Crippen molar-refractivity contribution in [1.82, 2.24) is 9.78 Å². The molecule has 3 rings (SSSR count). The first-order chi connectivity index (χ1) is 12.1. The average molecular weight is 341 g/mol. The molecule has 25 heavy (non-hydrogen) atoms. The highest BCUT2D eigenvalue weighted by atomic mass is 16.5. The summed E-state index contributed by atoms with van der Waals surface area (Å²) in [6.07, 6.45) is 4.59. The fraction of sp³-hybridized carbons (Fsp3) is 0.421. The third kappa shape index (κ3) is 4.26. The van der Waals surface area contributed by atoms with Crippen molar-refractivity contribution in [1.29, 1.82) is 0 Å². The van der Waals surface area contributed by atoms with E-state index in [-0.39, 0.29) is 24.3 Å². The molecular formula is C19H23N3O3. The van der Waals surface area contributed by atoms with Crippen LogP contribution in [0.25, 0.3) is 0 Å². The SMILES string of the molecule is CCC(=O)c1ccc(OCC(=O)Nc2ccnn2C(C)C2CC2)cc1. The number of Topliss-reactive ketones (excluding diaryl/α,β-unsaturated/α-hetero) is 1. The molecule has 1 aromatic heterocycles. The Morgan fingerprint density at radius 1 is 1.28 bits per heavy atom. The first-order valence-electron chi connectivity index (χ1n) is 8.68. The Morgan fingerprint density at radius 2 is 2.00 bits per heavy atom. The second-order valence-electron chi connectivity index (χ2n) is 6.38. The lowest BCUT2D eigenvalue weighted by Crippen LogP contribution is -2.23. The van der Waals surface area contributed by atoms with Gasteiger partial charge in [0.1, 0.15) is 11.6 Å². The summed E-state index contributed by atoms with van der Waals surface area (Å²) < 4.78 is 7.35. The number of carbonyl (C=O) groups excluding carboxylic acids is 2. The summed E-state index contributed by atoms with van der Waals surface area (Å²) in [5.41, 5.74) is 0.650. The molecule has 0 saturated heterocycles. The first-order valence-corrected chi connectivity index (χ1v) is 8.68. The molecule has 6 heteroatoms. The van der Waals surface area contributed by atoms with Gasteiger partial charge in [0, 0.05) is 18.1 Å². The summed E-state index contributed by atoms with van der Waals surface area (Å²) in [5, 5.41) is 7.16. The van der Waals surface area contributed by atoms with Crippen LogP contribution >= 0.6 is 0 Å². The third-order valence-electron chi connectivity index (χ3n) is 4.50. The van der Waals surface area contributed by atoms with E-state index in [9.17, 15) is 9.59 Å². The van der Waals surface area contributed by atoms with Gasteiger partial charge in [0.15, 0.2) is 12.4 Å². The maximum absolute atomic E-state index is 12.1. The number of ether oxygens (including phenoxy) is 1. The van der Waals surface area contributed by atoms with Gasteiger partial charge < -0.3 is 10.1 Å². The van der Waals surface area contributed by atoms with E-state index in [1.807, 2.05) is 11.6 Å². The highest BCUT2D eigenvalue weighted by Gasteiger charge is 2.30. The number of hydrogen-bond acceptors (Lipinski definition) is 4. The fourth-order valence-corrected chi connectivity index (χ4v) is 2.79. The standard InChI is InChI=1S/C19H23N3O3/c1-3-17(23)15-6-8-16(9-7-15)25-12-19(24)21-18-10-11-20-22(18)13(2)14-4-5-14/h6-11,13-14H,3-5,12H2,1-2H3,(H,21,24). The van der Waals surface area contributed by atoms with Gasteiger partial charge in [-0.05, 0) is 49.9 Å². The van der Waals surface area contributed by atoms with Crippen LogP contribution in [0.1, 0.15) is 49.5 Å². The van der Waals surface area contributed by atoms with Crippen molar-refractivity contribution >= 4 is 17.5 Å². The van der Waals surface area contributed by atoms with Gasteiger partial charge in [0.05, 0.1) is 12.2 Å². The molecule has 1 aromatic carbocycles. The Kier molecular flexibility index (Phi) is 5.16. The van der Waals surface area contributed by atoms with Crippen molar-refractivity contribution in [3.8, 4) is 5.75 Å². The number of hydrogen-bond donors (Lipinski definition) is 1. The van der Waals surface area contributed by atoms with Crippen LogP contribution in [-0.2, 0) is 4.79 Å². The number of amides is 1. The molecule has 1 amide bonds. The summed E-state index contributed by atoms with van der Waals surface area (Å²) >= 11 is 0. The highest BCUT2D eigenvalue weighted by Crippen LogP contribution is 2.40. The molecule has 132 valence electrons. The minimum Gasteiger partial charge on any atom is -0.484 e. The van der Waals surface area contributed by atoms with Gasteiger partial charge in [-0.1, -0.05) is 6.92 Å². The van der Waals surface area contributed by atoms with E-state index in [1.54, 1.807) is 36.5 Å².